The predicted octanol–water partition coefficient (Wildman–Crippen LogP) is 4.53. The van der Waals surface area contributed by atoms with Gasteiger partial charge in [0.05, 0.1) is 21.0 Å². The normalized spacial score (nSPS) is 28.6. The first kappa shape index (κ1) is 22.7. The molecule has 30 heavy (non-hydrogen) atoms. The molecule has 1 aromatic carbocycles. The summed E-state index contributed by atoms with van der Waals surface area (Å²) in [4.78, 5) is 4.92. The molecule has 3 aliphatic rings. The lowest BCUT2D eigenvalue weighted by molar-refractivity contribution is 0.197. The summed E-state index contributed by atoms with van der Waals surface area (Å²) in [6.45, 7) is 6.38. The molecule has 2 saturated carbocycles. The van der Waals surface area contributed by atoms with Gasteiger partial charge in [-0.15, -0.1) is 0 Å². The molecule has 1 saturated heterocycles. The molecular weight excluding hydrogens is 441 g/mol. The third-order valence-corrected chi connectivity index (χ3v) is 9.77. The van der Waals surface area contributed by atoms with Crippen LogP contribution >= 0.6 is 23.2 Å². The molecule has 1 atom stereocenters. The Hall–Kier alpha value is -0.530. The van der Waals surface area contributed by atoms with Crippen molar-refractivity contribution < 1.29 is 8.42 Å². The first-order chi connectivity index (χ1) is 14.3. The molecule has 0 bridgehead atoms. The average molecular weight is 474 g/mol. The molecule has 0 radical (unpaired) electrons. The molecule has 3 fully saturated rings. The summed E-state index contributed by atoms with van der Waals surface area (Å²) in [5.74, 6) is 0.711. The summed E-state index contributed by atoms with van der Waals surface area (Å²) in [7, 11) is -3.05. The van der Waals surface area contributed by atoms with Gasteiger partial charge in [-0.3, -0.25) is 4.90 Å². The fourth-order valence-electron chi connectivity index (χ4n) is 4.95. The topological polar surface area (TPSA) is 52.7 Å². The third-order valence-electron chi connectivity index (χ3n) is 6.95. The highest BCUT2D eigenvalue weighted by atomic mass is 35.5. The number of hydrogen-bond acceptors (Lipinski definition) is 4. The van der Waals surface area contributed by atoms with E-state index in [1.807, 2.05) is 12.1 Å². The van der Waals surface area contributed by atoms with Gasteiger partial charge in [-0.1, -0.05) is 29.3 Å². The summed E-state index contributed by atoms with van der Waals surface area (Å²) in [6.07, 6.45) is 7.09. The molecule has 2 aliphatic carbocycles. The van der Waals surface area contributed by atoms with Gasteiger partial charge in [0.1, 0.15) is 0 Å². The van der Waals surface area contributed by atoms with Crippen LogP contribution in [0.3, 0.4) is 0 Å². The van der Waals surface area contributed by atoms with Crippen molar-refractivity contribution in [1.29, 1.82) is 0 Å². The zero-order valence-corrected chi connectivity index (χ0v) is 20.0. The molecule has 4 rings (SSSR count). The van der Waals surface area contributed by atoms with Gasteiger partial charge in [0.15, 0.2) is 0 Å². The maximum Gasteiger partial charge on any atom is 0.214 e. The molecule has 5 nitrogen and oxygen atoms in total. The molecule has 0 amide bonds. The number of sulfonamides is 1. The van der Waals surface area contributed by atoms with E-state index in [0.717, 1.165) is 70.4 Å². The first-order valence-electron chi connectivity index (χ1n) is 11.3. The summed E-state index contributed by atoms with van der Waals surface area (Å²) in [5, 5.41) is 1.14. The molecule has 0 unspecified atom stereocenters. The lowest BCUT2D eigenvalue weighted by Crippen LogP contribution is -2.52. The Labute approximate surface area is 191 Å². The lowest BCUT2D eigenvalue weighted by Gasteiger charge is -2.42. The van der Waals surface area contributed by atoms with Gasteiger partial charge >= 0.3 is 0 Å². The molecular formula is C22H33Cl2N3O2S. The van der Waals surface area contributed by atoms with E-state index in [-0.39, 0.29) is 11.3 Å². The predicted molar refractivity (Wildman–Crippen MR) is 125 cm³/mol. The van der Waals surface area contributed by atoms with E-state index >= 15 is 0 Å². The van der Waals surface area contributed by atoms with Crippen LogP contribution in [0.2, 0.25) is 10.0 Å². The zero-order valence-electron chi connectivity index (χ0n) is 17.7. The monoisotopic (exact) mass is 473 g/mol. The molecule has 8 heteroatoms. The molecule has 1 N–H and O–H groups in total. The number of benzene rings is 1. The number of rotatable bonds is 7. The zero-order chi connectivity index (χ0) is 21.3. The quantitative estimate of drug-likeness (QED) is 0.631. The van der Waals surface area contributed by atoms with Crippen LogP contribution in [0.15, 0.2) is 18.2 Å². The van der Waals surface area contributed by atoms with E-state index in [0.29, 0.717) is 22.0 Å². The average Bonchev–Trinajstić information content (AvgIpc) is 3.56. The van der Waals surface area contributed by atoms with Crippen LogP contribution in [0.4, 0.5) is 5.69 Å². The largest absolute Gasteiger partial charge is 0.365 e. The van der Waals surface area contributed by atoms with Crippen LogP contribution in [0.1, 0.15) is 51.9 Å². The van der Waals surface area contributed by atoms with Crippen LogP contribution < -0.4 is 9.62 Å². The molecule has 1 aromatic rings. The van der Waals surface area contributed by atoms with E-state index in [4.69, 9.17) is 23.2 Å². The number of hydrogen-bond donors (Lipinski definition) is 1. The molecule has 0 aromatic heterocycles. The summed E-state index contributed by atoms with van der Waals surface area (Å²) in [6, 6.07) is 6.39. The highest BCUT2D eigenvalue weighted by molar-refractivity contribution is 7.90. The molecule has 0 spiro atoms. The SMILES string of the molecule is C[C@@H]1CN(CC[C@H]2CC[C@H](NS(=O)(=O)C3CC3)CC2)CCN1c1cccc(Cl)c1Cl. The van der Waals surface area contributed by atoms with E-state index in [1.54, 1.807) is 0 Å². The van der Waals surface area contributed by atoms with Gasteiger partial charge in [-0.25, -0.2) is 13.1 Å². The van der Waals surface area contributed by atoms with Crippen molar-refractivity contribution in [1.82, 2.24) is 9.62 Å². The van der Waals surface area contributed by atoms with Gasteiger partial charge in [0.25, 0.3) is 0 Å². The Kier molecular flexibility index (Phi) is 7.20. The maximum absolute atomic E-state index is 12.1. The van der Waals surface area contributed by atoms with Crippen LogP contribution in [-0.2, 0) is 10.0 Å². The number of nitrogens with one attached hydrogen (secondary N) is 1. The van der Waals surface area contributed by atoms with Gasteiger partial charge in [-0.05, 0) is 76.5 Å². The Morgan fingerprint density at radius 2 is 1.80 bits per heavy atom. The Balaban J connectivity index is 1.20. The fourth-order valence-corrected chi connectivity index (χ4v) is 7.00. The van der Waals surface area contributed by atoms with Crippen molar-refractivity contribution in [3.8, 4) is 0 Å². The van der Waals surface area contributed by atoms with Crippen molar-refractivity contribution in [2.75, 3.05) is 31.1 Å². The standard InChI is InChI=1S/C22H33Cl2N3O2S/c1-16-15-26(13-14-27(16)21-4-2-3-20(23)22(21)24)12-11-17-5-7-18(8-6-17)25-30(28,29)19-9-10-19/h2-4,16-19,25H,5-15H2,1H3/t16-,17-,18-/m1/s1. The maximum atomic E-state index is 12.1. The van der Waals surface area contributed by atoms with Gasteiger partial charge in [0.2, 0.25) is 10.0 Å². The van der Waals surface area contributed by atoms with Crippen LogP contribution in [0.5, 0.6) is 0 Å². The van der Waals surface area contributed by atoms with Crippen molar-refractivity contribution >= 4 is 38.9 Å². The molecule has 1 aliphatic heterocycles. The van der Waals surface area contributed by atoms with Gasteiger partial charge in [-0.2, -0.15) is 0 Å². The van der Waals surface area contributed by atoms with Crippen molar-refractivity contribution in [2.45, 2.75) is 69.2 Å². The molecule has 168 valence electrons. The highest BCUT2D eigenvalue weighted by Crippen LogP contribution is 2.35. The number of piperazine rings is 1. The lowest BCUT2D eigenvalue weighted by atomic mass is 9.84. The fraction of sp³-hybridized carbons (Fsp3) is 0.727. The van der Waals surface area contributed by atoms with Gasteiger partial charge in [0, 0.05) is 31.7 Å². The molecule has 1 heterocycles. The Morgan fingerprint density at radius 3 is 2.47 bits per heavy atom. The second kappa shape index (κ2) is 9.53. The summed E-state index contributed by atoms with van der Waals surface area (Å²) in [5.41, 5.74) is 1.03. The van der Waals surface area contributed by atoms with Crippen LogP contribution in [0, 0.1) is 5.92 Å². The smallest absolute Gasteiger partial charge is 0.214 e. The number of nitrogens with zero attached hydrogens (tertiary/aromatic N) is 2. The second-order valence-corrected chi connectivity index (χ2v) is 12.1. The van der Waals surface area contributed by atoms with E-state index in [1.165, 1.54) is 6.42 Å². The van der Waals surface area contributed by atoms with Crippen LogP contribution in [-0.4, -0.2) is 56.8 Å². The minimum Gasteiger partial charge on any atom is -0.365 e. The number of halogens is 2. The van der Waals surface area contributed by atoms with Crippen LogP contribution in [0.25, 0.3) is 0 Å². The van der Waals surface area contributed by atoms with Gasteiger partial charge < -0.3 is 4.90 Å². The van der Waals surface area contributed by atoms with Crippen molar-refractivity contribution in [3.05, 3.63) is 28.2 Å². The highest BCUT2D eigenvalue weighted by Gasteiger charge is 2.37. The number of anilines is 1. The van der Waals surface area contributed by atoms with E-state index < -0.39 is 10.0 Å². The Morgan fingerprint density at radius 1 is 1.07 bits per heavy atom. The minimum atomic E-state index is -3.05. The Bertz CT molecular complexity index is 839. The second-order valence-electron chi connectivity index (χ2n) is 9.28. The van der Waals surface area contributed by atoms with E-state index in [9.17, 15) is 8.42 Å². The van der Waals surface area contributed by atoms with E-state index in [2.05, 4.69) is 27.5 Å². The summed E-state index contributed by atoms with van der Waals surface area (Å²) >= 11 is 12.6. The van der Waals surface area contributed by atoms with Crippen molar-refractivity contribution in [2.24, 2.45) is 5.92 Å². The third kappa shape index (κ3) is 5.44. The summed E-state index contributed by atoms with van der Waals surface area (Å²) < 4.78 is 27.2. The first-order valence-corrected chi connectivity index (χ1v) is 13.6. The van der Waals surface area contributed by atoms with Crippen molar-refractivity contribution in [3.63, 3.8) is 0 Å². The minimum absolute atomic E-state index is 0.113.